The highest BCUT2D eigenvalue weighted by Gasteiger charge is 2.41. The van der Waals surface area contributed by atoms with Gasteiger partial charge < -0.3 is 14.9 Å². The van der Waals surface area contributed by atoms with E-state index in [0.717, 1.165) is 12.1 Å². The first-order valence-corrected chi connectivity index (χ1v) is 12.3. The Balaban J connectivity index is 1.71. The monoisotopic (exact) mass is 658 g/mol. The summed E-state index contributed by atoms with van der Waals surface area (Å²) < 4.78 is 123. The maximum atomic E-state index is 13.3. The number of carbonyl (C=O) groups excluding carboxylic acids is 1. The predicted octanol–water partition coefficient (Wildman–Crippen LogP) is 4.61. The molecule has 236 valence electrons. The molecule has 10 nitrogen and oxygen atoms in total. The van der Waals surface area contributed by atoms with Crippen LogP contribution in [0.2, 0.25) is 5.02 Å². The summed E-state index contributed by atoms with van der Waals surface area (Å²) in [5.41, 5.74) is -2.94. The second-order valence-corrected chi connectivity index (χ2v) is 9.45. The Morgan fingerprint density at radius 3 is 2.23 bits per heavy atom. The van der Waals surface area contributed by atoms with Gasteiger partial charge >= 0.3 is 30.1 Å². The van der Waals surface area contributed by atoms with Crippen molar-refractivity contribution in [3.8, 4) is 11.4 Å². The summed E-state index contributed by atoms with van der Waals surface area (Å²) in [6.45, 7) is -2.42. The van der Waals surface area contributed by atoms with Gasteiger partial charge in [-0.05, 0) is 42.0 Å². The van der Waals surface area contributed by atoms with Gasteiger partial charge in [-0.2, -0.15) is 44.5 Å². The van der Waals surface area contributed by atoms with E-state index in [9.17, 15) is 54.2 Å². The van der Waals surface area contributed by atoms with Crippen molar-refractivity contribution >= 4 is 17.5 Å². The average molecular weight is 659 g/mol. The summed E-state index contributed by atoms with van der Waals surface area (Å²) in [6.07, 6.45) is -18.2. The summed E-state index contributed by atoms with van der Waals surface area (Å²) in [5, 5.41) is 18.9. The van der Waals surface area contributed by atoms with Crippen molar-refractivity contribution in [1.29, 1.82) is 0 Å². The van der Waals surface area contributed by atoms with Gasteiger partial charge in [0.25, 0.3) is 0 Å². The standard InChI is InChI=1S/C24H16ClF9N6O4/c25-14-6-4-11(5-7-14)19-37-40(21(43)39(19)9-15(41)23(29,30)31)10-16(42)35-17(18-36-20(44-38-18)24(32,33)34)12-2-1-3-13(8-12)22(26,27)28/h1-8,15,17,41H,9-10H2,(H,35,42). The average Bonchev–Trinajstić information content (AvgIpc) is 3.53. The van der Waals surface area contributed by atoms with Crippen molar-refractivity contribution in [2.45, 2.75) is 43.8 Å². The SMILES string of the molecule is O=C(Cn1nc(-c2ccc(Cl)cc2)n(CC(O)C(F)(F)F)c1=O)NC(c1cccc(C(F)(F)F)c1)c1noc(C(F)(F)F)n1. The molecule has 0 aliphatic heterocycles. The van der Waals surface area contributed by atoms with E-state index in [1.54, 1.807) is 0 Å². The van der Waals surface area contributed by atoms with Gasteiger partial charge in [-0.3, -0.25) is 9.36 Å². The molecule has 1 amide bonds. The minimum Gasteiger partial charge on any atom is -0.382 e. The van der Waals surface area contributed by atoms with Crippen LogP contribution in [0.25, 0.3) is 11.4 Å². The van der Waals surface area contributed by atoms with E-state index < -0.39 is 84.0 Å². The van der Waals surface area contributed by atoms with Crippen LogP contribution in [0.15, 0.2) is 57.8 Å². The molecule has 0 bridgehead atoms. The van der Waals surface area contributed by atoms with Crippen molar-refractivity contribution in [2.24, 2.45) is 0 Å². The number of benzene rings is 2. The number of amides is 1. The van der Waals surface area contributed by atoms with Crippen LogP contribution in [0.5, 0.6) is 0 Å². The summed E-state index contributed by atoms with van der Waals surface area (Å²) in [4.78, 5) is 29.1. The highest BCUT2D eigenvalue weighted by Crippen LogP contribution is 2.33. The fourth-order valence-corrected chi connectivity index (χ4v) is 3.92. The number of alkyl halides is 9. The fraction of sp³-hybridized carbons (Fsp3) is 0.292. The molecule has 4 rings (SSSR count). The first kappa shape index (κ1) is 32.5. The summed E-state index contributed by atoms with van der Waals surface area (Å²) in [5.74, 6) is -4.45. The molecular weight excluding hydrogens is 643 g/mol. The van der Waals surface area contributed by atoms with E-state index in [1.807, 2.05) is 0 Å². The number of aromatic nitrogens is 5. The number of hydrogen-bond donors (Lipinski definition) is 2. The van der Waals surface area contributed by atoms with Crippen molar-refractivity contribution in [3.05, 3.63) is 86.9 Å². The molecule has 0 saturated heterocycles. The Labute approximate surface area is 243 Å². The van der Waals surface area contributed by atoms with Crippen LogP contribution in [0, 0.1) is 0 Å². The zero-order chi connectivity index (χ0) is 32.6. The van der Waals surface area contributed by atoms with Crippen LogP contribution in [0.1, 0.15) is 28.9 Å². The molecule has 2 aromatic carbocycles. The third-order valence-electron chi connectivity index (χ3n) is 5.85. The Hall–Kier alpha value is -4.39. The first-order valence-electron chi connectivity index (χ1n) is 11.9. The topological polar surface area (TPSA) is 128 Å². The van der Waals surface area contributed by atoms with Crippen LogP contribution in [-0.2, 0) is 30.2 Å². The van der Waals surface area contributed by atoms with Gasteiger partial charge in [0.2, 0.25) is 5.91 Å². The van der Waals surface area contributed by atoms with E-state index in [0.29, 0.717) is 21.4 Å². The van der Waals surface area contributed by atoms with Crippen LogP contribution >= 0.6 is 11.6 Å². The van der Waals surface area contributed by atoms with E-state index >= 15 is 0 Å². The molecule has 0 saturated carbocycles. The quantitative estimate of drug-likeness (QED) is 0.265. The second kappa shape index (κ2) is 11.9. The molecule has 2 aromatic heterocycles. The number of rotatable bonds is 8. The van der Waals surface area contributed by atoms with Crippen molar-refractivity contribution in [2.75, 3.05) is 0 Å². The van der Waals surface area contributed by atoms with Gasteiger partial charge in [0, 0.05) is 10.6 Å². The molecule has 20 heteroatoms. The van der Waals surface area contributed by atoms with Gasteiger partial charge in [0.1, 0.15) is 12.6 Å². The van der Waals surface area contributed by atoms with Gasteiger partial charge in [-0.1, -0.05) is 28.9 Å². The molecule has 0 aliphatic carbocycles. The zero-order valence-electron chi connectivity index (χ0n) is 21.4. The van der Waals surface area contributed by atoms with E-state index in [2.05, 4.69) is 25.1 Å². The molecule has 0 aliphatic rings. The van der Waals surface area contributed by atoms with Crippen molar-refractivity contribution in [3.63, 3.8) is 0 Å². The number of nitrogens with one attached hydrogen (secondary N) is 1. The van der Waals surface area contributed by atoms with Crippen molar-refractivity contribution in [1.82, 2.24) is 29.8 Å². The highest BCUT2D eigenvalue weighted by molar-refractivity contribution is 6.30. The molecule has 4 aromatic rings. The zero-order valence-corrected chi connectivity index (χ0v) is 22.1. The largest absolute Gasteiger partial charge is 0.471 e. The van der Waals surface area contributed by atoms with Crippen LogP contribution in [0.4, 0.5) is 39.5 Å². The Morgan fingerprint density at radius 2 is 1.66 bits per heavy atom. The minimum atomic E-state index is -5.15. The lowest BCUT2D eigenvalue weighted by Gasteiger charge is -2.17. The van der Waals surface area contributed by atoms with Gasteiger partial charge in [0.15, 0.2) is 17.8 Å². The van der Waals surface area contributed by atoms with Crippen molar-refractivity contribution < 1.29 is 53.9 Å². The molecule has 0 spiro atoms. The number of nitrogens with zero attached hydrogens (tertiary/aromatic N) is 5. The smallest absolute Gasteiger partial charge is 0.382 e. The second-order valence-electron chi connectivity index (χ2n) is 9.02. The molecule has 2 heterocycles. The van der Waals surface area contributed by atoms with Crippen LogP contribution < -0.4 is 11.0 Å². The lowest BCUT2D eigenvalue weighted by Crippen LogP contribution is -2.39. The first-order chi connectivity index (χ1) is 20.3. The summed E-state index contributed by atoms with van der Waals surface area (Å²) in [7, 11) is 0. The predicted molar refractivity (Wildman–Crippen MR) is 130 cm³/mol. The van der Waals surface area contributed by atoms with Crippen LogP contribution in [0.3, 0.4) is 0 Å². The van der Waals surface area contributed by atoms with Gasteiger partial charge in [-0.25, -0.2) is 9.48 Å². The number of halogens is 10. The third kappa shape index (κ3) is 7.39. The minimum absolute atomic E-state index is 0.0494. The number of carbonyl (C=O) groups is 1. The Morgan fingerprint density at radius 1 is 1.00 bits per heavy atom. The Kier molecular flexibility index (Phi) is 8.83. The van der Waals surface area contributed by atoms with Gasteiger partial charge in [0.05, 0.1) is 12.1 Å². The Bertz CT molecular complexity index is 1690. The summed E-state index contributed by atoms with van der Waals surface area (Å²) >= 11 is 5.82. The number of aliphatic hydroxyl groups excluding tert-OH is 1. The third-order valence-corrected chi connectivity index (χ3v) is 6.10. The van der Waals surface area contributed by atoms with Crippen LogP contribution in [-0.4, -0.2) is 47.8 Å². The number of hydrogen-bond acceptors (Lipinski definition) is 7. The lowest BCUT2D eigenvalue weighted by molar-refractivity contribution is -0.207. The normalized spacial score (nSPS) is 14.0. The maximum Gasteiger partial charge on any atom is 0.471 e. The molecule has 44 heavy (non-hydrogen) atoms. The van der Waals surface area contributed by atoms with Gasteiger partial charge in [-0.15, -0.1) is 5.10 Å². The maximum absolute atomic E-state index is 13.3. The molecule has 0 fully saturated rings. The molecule has 0 radical (unpaired) electrons. The fourth-order valence-electron chi connectivity index (χ4n) is 3.80. The van der Waals surface area contributed by atoms with E-state index in [-0.39, 0.29) is 10.6 Å². The van der Waals surface area contributed by atoms with E-state index in [1.165, 1.54) is 24.3 Å². The lowest BCUT2D eigenvalue weighted by atomic mass is 10.0. The number of aliphatic hydroxyl groups is 1. The molecule has 2 unspecified atom stereocenters. The summed E-state index contributed by atoms with van der Waals surface area (Å²) in [6, 6.07) is 6.39. The molecule has 2 N–H and O–H groups in total. The molecular formula is C24H16ClF9N6O4. The van der Waals surface area contributed by atoms with E-state index in [4.69, 9.17) is 11.6 Å². The highest BCUT2D eigenvalue weighted by atomic mass is 35.5. The molecule has 2 atom stereocenters.